The van der Waals surface area contributed by atoms with Crippen LogP contribution in [0.2, 0.25) is 0 Å². The fourth-order valence-corrected chi connectivity index (χ4v) is 5.25. The van der Waals surface area contributed by atoms with Gasteiger partial charge in [0.05, 0.1) is 35.5 Å². The lowest BCUT2D eigenvalue weighted by atomic mass is 9.95. The van der Waals surface area contributed by atoms with Crippen molar-refractivity contribution in [3.8, 4) is 44.9 Å². The highest BCUT2D eigenvalue weighted by Crippen LogP contribution is 2.50. The first-order valence-corrected chi connectivity index (χ1v) is 11.2. The molecule has 0 bridgehead atoms. The average Bonchev–Trinajstić information content (AvgIpc) is 3.26. The maximum atomic E-state index is 11.6. The maximum Gasteiger partial charge on any atom is 0.203 e. The molecule has 0 aliphatic rings. The number of thiophene rings is 1. The third kappa shape index (κ3) is 3.95. The molecule has 0 aliphatic carbocycles. The van der Waals surface area contributed by atoms with Gasteiger partial charge in [0.15, 0.2) is 23.0 Å². The molecule has 34 heavy (non-hydrogen) atoms. The lowest BCUT2D eigenvalue weighted by molar-refractivity contribution is 0.216. The summed E-state index contributed by atoms with van der Waals surface area (Å²) in [7, 11) is 7.74. The van der Waals surface area contributed by atoms with Crippen molar-refractivity contribution in [3.05, 3.63) is 59.7 Å². The van der Waals surface area contributed by atoms with Gasteiger partial charge in [-0.3, -0.25) is 0 Å². The van der Waals surface area contributed by atoms with Crippen LogP contribution in [0.3, 0.4) is 0 Å². The Hall–Kier alpha value is -3.62. The van der Waals surface area contributed by atoms with Gasteiger partial charge < -0.3 is 33.9 Å². The molecule has 0 amide bonds. The van der Waals surface area contributed by atoms with Gasteiger partial charge in [-0.2, -0.15) is 0 Å². The monoisotopic (exact) mass is 482 g/mol. The van der Waals surface area contributed by atoms with Gasteiger partial charge in [0.1, 0.15) is 11.9 Å². The number of para-hydroxylation sites is 1. The van der Waals surface area contributed by atoms with E-state index in [0.29, 0.717) is 34.1 Å². The minimum atomic E-state index is -1.13. The standard InChI is InChI=1S/C26H26O7S/c1-29-15-9-10-16-21(13-15)34-26(14-11-19(31-3)25(33-5)20(12-14)32-4)22(16)24(28)17-7-6-8-18(30-2)23(17)27/h6-13,24,27-28H,1-5H3. The number of phenols is 1. The highest BCUT2D eigenvalue weighted by molar-refractivity contribution is 7.22. The molecule has 0 aliphatic heterocycles. The number of aromatic hydroxyl groups is 1. The molecular formula is C26H26O7S. The first-order chi connectivity index (χ1) is 16.5. The van der Waals surface area contributed by atoms with E-state index >= 15 is 0 Å². The van der Waals surface area contributed by atoms with Crippen LogP contribution >= 0.6 is 11.3 Å². The Balaban J connectivity index is 2.01. The van der Waals surface area contributed by atoms with Crippen LogP contribution in [0, 0.1) is 0 Å². The summed E-state index contributed by atoms with van der Waals surface area (Å²) in [5.41, 5.74) is 1.75. The molecule has 4 aromatic rings. The lowest BCUT2D eigenvalue weighted by Gasteiger charge is -2.18. The van der Waals surface area contributed by atoms with Crippen molar-refractivity contribution in [2.45, 2.75) is 6.10 Å². The van der Waals surface area contributed by atoms with Crippen LogP contribution in [-0.4, -0.2) is 45.8 Å². The molecule has 0 spiro atoms. The van der Waals surface area contributed by atoms with E-state index in [1.54, 1.807) is 46.6 Å². The molecule has 0 radical (unpaired) electrons. The lowest BCUT2D eigenvalue weighted by Crippen LogP contribution is -2.02. The van der Waals surface area contributed by atoms with Gasteiger partial charge in [0.2, 0.25) is 5.75 Å². The van der Waals surface area contributed by atoms with Gasteiger partial charge in [-0.25, -0.2) is 0 Å². The third-order valence-corrected chi connectivity index (χ3v) is 6.90. The Morgan fingerprint density at radius 1 is 0.765 bits per heavy atom. The summed E-state index contributed by atoms with van der Waals surface area (Å²) in [6.45, 7) is 0. The van der Waals surface area contributed by atoms with E-state index in [4.69, 9.17) is 23.7 Å². The zero-order chi connectivity index (χ0) is 24.4. The van der Waals surface area contributed by atoms with Crippen LogP contribution in [0.4, 0.5) is 0 Å². The van der Waals surface area contributed by atoms with Crippen molar-refractivity contribution in [1.29, 1.82) is 0 Å². The van der Waals surface area contributed by atoms with Crippen LogP contribution in [-0.2, 0) is 0 Å². The number of phenolic OH excluding ortho intramolecular Hbond substituents is 1. The molecule has 2 N–H and O–H groups in total. The topological polar surface area (TPSA) is 86.6 Å². The van der Waals surface area contributed by atoms with Gasteiger partial charge >= 0.3 is 0 Å². The molecule has 1 unspecified atom stereocenters. The van der Waals surface area contributed by atoms with Gasteiger partial charge in [-0.15, -0.1) is 11.3 Å². The van der Waals surface area contributed by atoms with Crippen molar-refractivity contribution in [1.82, 2.24) is 0 Å². The zero-order valence-corrected chi connectivity index (χ0v) is 20.4. The molecular weight excluding hydrogens is 456 g/mol. The fourth-order valence-electron chi connectivity index (χ4n) is 4.00. The van der Waals surface area contributed by atoms with Crippen molar-refractivity contribution < 1.29 is 33.9 Å². The van der Waals surface area contributed by atoms with E-state index < -0.39 is 6.10 Å². The normalized spacial score (nSPS) is 11.8. The summed E-state index contributed by atoms with van der Waals surface area (Å²) in [4.78, 5) is 0.789. The van der Waals surface area contributed by atoms with Gasteiger partial charge in [0, 0.05) is 20.7 Å². The first kappa shape index (κ1) is 23.5. The molecule has 0 fully saturated rings. The number of aliphatic hydroxyl groups excluding tert-OH is 1. The van der Waals surface area contributed by atoms with Gasteiger partial charge in [-0.05, 0) is 47.3 Å². The predicted octanol–water partition coefficient (Wildman–Crippen LogP) is 5.40. The zero-order valence-electron chi connectivity index (χ0n) is 19.5. The second-order valence-electron chi connectivity index (χ2n) is 7.42. The van der Waals surface area contributed by atoms with Crippen LogP contribution in [0.25, 0.3) is 20.5 Å². The van der Waals surface area contributed by atoms with Crippen LogP contribution in [0.15, 0.2) is 48.5 Å². The van der Waals surface area contributed by atoms with E-state index in [2.05, 4.69) is 0 Å². The number of fused-ring (bicyclic) bond motifs is 1. The fraction of sp³-hybridized carbons (Fsp3) is 0.231. The number of methoxy groups -OCH3 is 5. The molecule has 0 saturated carbocycles. The van der Waals surface area contributed by atoms with Crippen molar-refractivity contribution in [2.75, 3.05) is 35.5 Å². The molecule has 178 valence electrons. The van der Waals surface area contributed by atoms with E-state index in [0.717, 1.165) is 20.5 Å². The second kappa shape index (κ2) is 9.70. The minimum Gasteiger partial charge on any atom is -0.504 e. The molecule has 7 nitrogen and oxygen atoms in total. The average molecular weight is 483 g/mol. The number of hydrogen-bond acceptors (Lipinski definition) is 8. The summed E-state index contributed by atoms with van der Waals surface area (Å²) in [6.07, 6.45) is -1.13. The minimum absolute atomic E-state index is 0.110. The summed E-state index contributed by atoms with van der Waals surface area (Å²) >= 11 is 1.49. The molecule has 8 heteroatoms. The summed E-state index contributed by atoms with van der Waals surface area (Å²) in [5, 5.41) is 23.2. The SMILES string of the molecule is COc1ccc2c(C(O)c3cccc(OC)c3O)c(-c3cc(OC)c(OC)c(OC)c3)sc2c1. The largest absolute Gasteiger partial charge is 0.504 e. The quantitative estimate of drug-likeness (QED) is 0.348. The summed E-state index contributed by atoms with van der Waals surface area (Å²) in [5.74, 6) is 2.35. The van der Waals surface area contributed by atoms with E-state index in [1.807, 2.05) is 30.3 Å². The Labute approximate surface area is 201 Å². The molecule has 4 rings (SSSR count). The summed E-state index contributed by atoms with van der Waals surface area (Å²) in [6, 6.07) is 14.4. The van der Waals surface area contributed by atoms with Crippen LogP contribution in [0.1, 0.15) is 17.2 Å². The molecule has 0 saturated heterocycles. The Kier molecular flexibility index (Phi) is 6.72. The second-order valence-corrected chi connectivity index (χ2v) is 8.47. The molecule has 1 heterocycles. The molecule has 1 atom stereocenters. The highest BCUT2D eigenvalue weighted by atomic mass is 32.1. The Morgan fingerprint density at radius 2 is 1.44 bits per heavy atom. The first-order valence-electron chi connectivity index (χ1n) is 10.4. The smallest absolute Gasteiger partial charge is 0.203 e. The maximum absolute atomic E-state index is 11.6. The Bertz CT molecular complexity index is 1300. The number of ether oxygens (including phenoxy) is 5. The number of hydrogen-bond donors (Lipinski definition) is 2. The number of benzene rings is 3. The van der Waals surface area contributed by atoms with E-state index in [1.165, 1.54) is 18.4 Å². The van der Waals surface area contributed by atoms with Crippen molar-refractivity contribution in [2.24, 2.45) is 0 Å². The predicted molar refractivity (Wildman–Crippen MR) is 132 cm³/mol. The van der Waals surface area contributed by atoms with Crippen molar-refractivity contribution >= 4 is 21.4 Å². The van der Waals surface area contributed by atoms with Gasteiger partial charge in [-0.1, -0.05) is 12.1 Å². The van der Waals surface area contributed by atoms with Crippen LogP contribution < -0.4 is 23.7 Å². The highest BCUT2D eigenvalue weighted by Gasteiger charge is 2.27. The van der Waals surface area contributed by atoms with Gasteiger partial charge in [0.25, 0.3) is 0 Å². The Morgan fingerprint density at radius 3 is 2.03 bits per heavy atom. The number of aliphatic hydroxyl groups is 1. The van der Waals surface area contributed by atoms with Crippen LogP contribution in [0.5, 0.6) is 34.5 Å². The molecule has 1 aromatic heterocycles. The molecule has 3 aromatic carbocycles. The van der Waals surface area contributed by atoms with E-state index in [-0.39, 0.29) is 11.5 Å². The van der Waals surface area contributed by atoms with E-state index in [9.17, 15) is 10.2 Å². The third-order valence-electron chi connectivity index (χ3n) is 5.68. The van der Waals surface area contributed by atoms with Crippen molar-refractivity contribution in [3.63, 3.8) is 0 Å². The number of rotatable bonds is 8. The summed E-state index contributed by atoms with van der Waals surface area (Å²) < 4.78 is 28.1.